The number of likely N-dealkylation sites (tertiary alicyclic amines) is 1. The Balaban J connectivity index is 2.07. The highest BCUT2D eigenvalue weighted by Gasteiger charge is 2.26. The molecular formula is C13H19N3O2. The van der Waals surface area contributed by atoms with Crippen LogP contribution in [0, 0.1) is 17.0 Å². The molecule has 0 aromatic heterocycles. The molecule has 2 atom stereocenters. The molecule has 98 valence electrons. The first-order valence-corrected chi connectivity index (χ1v) is 6.19. The zero-order chi connectivity index (χ0) is 13.3. The lowest BCUT2D eigenvalue weighted by Gasteiger charge is -2.14. The Morgan fingerprint density at radius 3 is 2.72 bits per heavy atom. The molecule has 0 radical (unpaired) electrons. The van der Waals surface area contributed by atoms with Gasteiger partial charge >= 0.3 is 0 Å². The third kappa shape index (κ3) is 2.61. The number of nitro benzene ring substituents is 1. The lowest BCUT2D eigenvalue weighted by Crippen LogP contribution is -2.24. The van der Waals surface area contributed by atoms with Crippen LogP contribution in [0.1, 0.15) is 18.9 Å². The zero-order valence-corrected chi connectivity index (χ0v) is 11.0. The van der Waals surface area contributed by atoms with Gasteiger partial charge in [0.1, 0.15) is 0 Å². The molecule has 2 unspecified atom stereocenters. The largest absolute Gasteiger partial charge is 0.381 e. The van der Waals surface area contributed by atoms with Crippen LogP contribution in [-0.2, 0) is 0 Å². The highest BCUT2D eigenvalue weighted by molar-refractivity contribution is 5.54. The molecule has 5 heteroatoms. The normalized spacial score (nSPS) is 24.2. The summed E-state index contributed by atoms with van der Waals surface area (Å²) in [5, 5.41) is 14.2. The number of nitrogens with one attached hydrogen (secondary N) is 1. The Morgan fingerprint density at radius 2 is 2.22 bits per heavy atom. The molecule has 1 aliphatic heterocycles. The Kier molecular flexibility index (Phi) is 3.52. The molecule has 0 saturated carbocycles. The summed E-state index contributed by atoms with van der Waals surface area (Å²) in [4.78, 5) is 12.7. The maximum Gasteiger partial charge on any atom is 0.272 e. The molecule has 18 heavy (non-hydrogen) atoms. The topological polar surface area (TPSA) is 58.4 Å². The van der Waals surface area contributed by atoms with Crippen LogP contribution in [0.4, 0.5) is 11.4 Å². The number of aryl methyl sites for hydroxylation is 1. The SMILES string of the molecule is Cc1cc(NC2CC(C)N(C)C2)ccc1[N+](=O)[O-]. The van der Waals surface area contributed by atoms with E-state index in [1.807, 2.05) is 6.07 Å². The van der Waals surface area contributed by atoms with E-state index in [9.17, 15) is 10.1 Å². The monoisotopic (exact) mass is 249 g/mol. The van der Waals surface area contributed by atoms with Gasteiger partial charge in [-0.05, 0) is 39.4 Å². The molecule has 0 amide bonds. The second-order valence-corrected chi connectivity index (χ2v) is 5.12. The third-order valence-electron chi connectivity index (χ3n) is 3.65. The zero-order valence-electron chi connectivity index (χ0n) is 11.0. The van der Waals surface area contributed by atoms with Crippen LogP contribution in [0.2, 0.25) is 0 Å². The van der Waals surface area contributed by atoms with Gasteiger partial charge in [-0.2, -0.15) is 0 Å². The lowest BCUT2D eigenvalue weighted by molar-refractivity contribution is -0.385. The Hall–Kier alpha value is -1.62. The van der Waals surface area contributed by atoms with Crippen molar-refractivity contribution in [2.45, 2.75) is 32.4 Å². The maximum atomic E-state index is 10.7. The van der Waals surface area contributed by atoms with Crippen molar-refractivity contribution in [1.29, 1.82) is 0 Å². The molecule has 0 spiro atoms. The minimum atomic E-state index is -0.343. The van der Waals surface area contributed by atoms with Crippen molar-refractivity contribution in [1.82, 2.24) is 4.90 Å². The number of anilines is 1. The van der Waals surface area contributed by atoms with E-state index in [0.717, 1.165) is 18.7 Å². The van der Waals surface area contributed by atoms with Crippen LogP contribution in [-0.4, -0.2) is 35.5 Å². The number of rotatable bonds is 3. The fourth-order valence-electron chi connectivity index (χ4n) is 2.48. The number of hydrogen-bond donors (Lipinski definition) is 1. The summed E-state index contributed by atoms with van der Waals surface area (Å²) < 4.78 is 0. The van der Waals surface area contributed by atoms with Crippen LogP contribution >= 0.6 is 0 Å². The van der Waals surface area contributed by atoms with Crippen LogP contribution in [0.3, 0.4) is 0 Å². The van der Waals surface area contributed by atoms with E-state index < -0.39 is 0 Å². The van der Waals surface area contributed by atoms with Gasteiger partial charge in [-0.1, -0.05) is 0 Å². The fourth-order valence-corrected chi connectivity index (χ4v) is 2.48. The van der Waals surface area contributed by atoms with Gasteiger partial charge < -0.3 is 10.2 Å². The predicted molar refractivity (Wildman–Crippen MR) is 72.0 cm³/mol. The van der Waals surface area contributed by atoms with Crippen LogP contribution in [0.5, 0.6) is 0 Å². The fraction of sp³-hybridized carbons (Fsp3) is 0.538. The van der Waals surface area contributed by atoms with E-state index in [1.54, 1.807) is 19.1 Å². The molecule has 1 aromatic rings. The first-order valence-electron chi connectivity index (χ1n) is 6.19. The van der Waals surface area contributed by atoms with E-state index in [0.29, 0.717) is 17.6 Å². The summed E-state index contributed by atoms with van der Waals surface area (Å²) in [6.07, 6.45) is 1.10. The number of benzene rings is 1. The molecule has 1 saturated heterocycles. The van der Waals surface area contributed by atoms with E-state index >= 15 is 0 Å². The highest BCUT2D eigenvalue weighted by atomic mass is 16.6. The first-order chi connectivity index (χ1) is 8.47. The number of likely N-dealkylation sites (N-methyl/N-ethyl adjacent to an activating group) is 1. The van der Waals surface area contributed by atoms with E-state index in [4.69, 9.17) is 0 Å². The summed E-state index contributed by atoms with van der Waals surface area (Å²) in [6.45, 7) is 4.99. The van der Waals surface area contributed by atoms with E-state index in [1.165, 1.54) is 0 Å². The van der Waals surface area contributed by atoms with Crippen molar-refractivity contribution >= 4 is 11.4 Å². The Labute approximate surface area is 107 Å². The third-order valence-corrected chi connectivity index (χ3v) is 3.65. The van der Waals surface area contributed by atoms with Gasteiger partial charge in [-0.3, -0.25) is 10.1 Å². The summed E-state index contributed by atoms with van der Waals surface area (Å²) in [6, 6.07) is 6.21. The molecule has 1 N–H and O–H groups in total. The maximum absolute atomic E-state index is 10.7. The average Bonchev–Trinajstić information content (AvgIpc) is 2.57. The molecule has 1 heterocycles. The number of nitro groups is 1. The van der Waals surface area contributed by atoms with Crippen molar-refractivity contribution in [3.05, 3.63) is 33.9 Å². The summed E-state index contributed by atoms with van der Waals surface area (Å²) in [5.41, 5.74) is 1.84. The first kappa shape index (κ1) is 12.8. The molecular weight excluding hydrogens is 230 g/mol. The van der Waals surface area contributed by atoms with Gasteiger partial charge in [0.15, 0.2) is 0 Å². The average molecular weight is 249 g/mol. The van der Waals surface area contributed by atoms with Gasteiger partial charge in [0.25, 0.3) is 5.69 Å². The molecule has 2 rings (SSSR count). The Morgan fingerprint density at radius 1 is 1.50 bits per heavy atom. The van der Waals surface area contributed by atoms with Gasteiger partial charge in [0.05, 0.1) is 4.92 Å². The van der Waals surface area contributed by atoms with Crippen LogP contribution in [0.25, 0.3) is 0 Å². The number of hydrogen-bond acceptors (Lipinski definition) is 4. The number of nitrogens with zero attached hydrogens (tertiary/aromatic N) is 2. The van der Waals surface area contributed by atoms with Crippen molar-refractivity contribution in [3.8, 4) is 0 Å². The van der Waals surface area contributed by atoms with Crippen LogP contribution in [0.15, 0.2) is 18.2 Å². The second-order valence-electron chi connectivity index (χ2n) is 5.12. The minimum Gasteiger partial charge on any atom is -0.381 e. The Bertz CT molecular complexity index is 452. The van der Waals surface area contributed by atoms with E-state index in [-0.39, 0.29) is 10.6 Å². The van der Waals surface area contributed by atoms with Gasteiger partial charge in [-0.25, -0.2) is 0 Å². The summed E-state index contributed by atoms with van der Waals surface area (Å²) in [5.74, 6) is 0. The second kappa shape index (κ2) is 4.94. The summed E-state index contributed by atoms with van der Waals surface area (Å²) >= 11 is 0. The smallest absolute Gasteiger partial charge is 0.272 e. The van der Waals surface area contributed by atoms with Crippen molar-refractivity contribution in [3.63, 3.8) is 0 Å². The van der Waals surface area contributed by atoms with Gasteiger partial charge in [0, 0.05) is 35.9 Å². The standard InChI is InChI=1S/C13H19N3O2/c1-9-6-11(4-5-13(9)16(17)18)14-12-7-10(2)15(3)8-12/h4-6,10,12,14H,7-8H2,1-3H3. The van der Waals surface area contributed by atoms with Gasteiger partial charge in [-0.15, -0.1) is 0 Å². The molecule has 5 nitrogen and oxygen atoms in total. The quantitative estimate of drug-likeness (QED) is 0.660. The molecule has 1 fully saturated rings. The van der Waals surface area contributed by atoms with Crippen molar-refractivity contribution < 1.29 is 4.92 Å². The van der Waals surface area contributed by atoms with Crippen LogP contribution < -0.4 is 5.32 Å². The summed E-state index contributed by atoms with van der Waals surface area (Å²) in [7, 11) is 2.12. The molecule has 1 aliphatic rings. The molecule has 0 aliphatic carbocycles. The lowest BCUT2D eigenvalue weighted by atomic mass is 10.1. The highest BCUT2D eigenvalue weighted by Crippen LogP contribution is 2.24. The van der Waals surface area contributed by atoms with Crippen molar-refractivity contribution in [2.75, 3.05) is 18.9 Å². The predicted octanol–water partition coefficient (Wildman–Crippen LogP) is 2.41. The van der Waals surface area contributed by atoms with E-state index in [2.05, 4.69) is 24.2 Å². The molecule has 0 bridgehead atoms. The molecule has 1 aromatic carbocycles. The minimum absolute atomic E-state index is 0.178. The van der Waals surface area contributed by atoms with Gasteiger partial charge in [0.2, 0.25) is 0 Å². The van der Waals surface area contributed by atoms with Crippen molar-refractivity contribution in [2.24, 2.45) is 0 Å².